The molecular formula is C16H21BrN2O3. The van der Waals surface area contributed by atoms with Crippen molar-refractivity contribution in [3.05, 3.63) is 28.7 Å². The maximum atomic E-state index is 12.0. The van der Waals surface area contributed by atoms with Crippen molar-refractivity contribution in [3.8, 4) is 0 Å². The Balaban J connectivity index is 1.81. The highest BCUT2D eigenvalue weighted by Gasteiger charge is 2.29. The van der Waals surface area contributed by atoms with Gasteiger partial charge in [0.15, 0.2) is 0 Å². The first-order valence-electron chi connectivity index (χ1n) is 7.44. The standard InChI is InChI=1S/C16H21BrN2O3/c1-11-7-12(16(21)22)10-19(9-11)6-5-15(20)18-14-4-2-3-13(17)8-14/h2-4,8,11-12H,5-7,9-10H2,1H3,(H,18,20)(H,21,22). The van der Waals surface area contributed by atoms with Crippen molar-refractivity contribution in [2.24, 2.45) is 11.8 Å². The van der Waals surface area contributed by atoms with Gasteiger partial charge in [-0.1, -0.05) is 28.9 Å². The second-order valence-electron chi connectivity index (χ2n) is 5.94. The van der Waals surface area contributed by atoms with Gasteiger partial charge in [-0.05, 0) is 30.5 Å². The van der Waals surface area contributed by atoms with Crippen LogP contribution in [-0.2, 0) is 9.59 Å². The van der Waals surface area contributed by atoms with E-state index in [0.717, 1.165) is 23.1 Å². The summed E-state index contributed by atoms with van der Waals surface area (Å²) < 4.78 is 0.916. The Morgan fingerprint density at radius 3 is 2.86 bits per heavy atom. The summed E-state index contributed by atoms with van der Waals surface area (Å²) >= 11 is 3.37. The zero-order valence-electron chi connectivity index (χ0n) is 12.6. The van der Waals surface area contributed by atoms with Gasteiger partial charge in [0.2, 0.25) is 5.91 Å². The number of nitrogens with zero attached hydrogens (tertiary/aromatic N) is 1. The van der Waals surface area contributed by atoms with Crippen LogP contribution in [0.5, 0.6) is 0 Å². The predicted octanol–water partition coefficient (Wildman–Crippen LogP) is 2.82. The molecule has 2 rings (SSSR count). The minimum atomic E-state index is -0.741. The number of piperidine rings is 1. The van der Waals surface area contributed by atoms with Crippen LogP contribution in [0.4, 0.5) is 5.69 Å². The molecule has 0 saturated carbocycles. The van der Waals surface area contributed by atoms with Crippen LogP contribution in [0.2, 0.25) is 0 Å². The molecule has 120 valence electrons. The quantitative estimate of drug-likeness (QED) is 0.838. The Hall–Kier alpha value is -1.40. The number of halogens is 1. The lowest BCUT2D eigenvalue weighted by Crippen LogP contribution is -2.43. The molecule has 1 heterocycles. The summed E-state index contributed by atoms with van der Waals surface area (Å²) in [5.74, 6) is -0.766. The molecule has 1 amide bonds. The highest BCUT2D eigenvalue weighted by molar-refractivity contribution is 9.10. The van der Waals surface area contributed by atoms with E-state index in [0.29, 0.717) is 25.4 Å². The fourth-order valence-corrected chi connectivity index (χ4v) is 3.27. The lowest BCUT2D eigenvalue weighted by atomic mass is 9.90. The minimum absolute atomic E-state index is 0.0526. The van der Waals surface area contributed by atoms with Gasteiger partial charge >= 0.3 is 5.97 Å². The van der Waals surface area contributed by atoms with Crippen LogP contribution in [0.15, 0.2) is 28.7 Å². The Morgan fingerprint density at radius 2 is 2.18 bits per heavy atom. The molecule has 2 atom stereocenters. The molecule has 0 aromatic heterocycles. The van der Waals surface area contributed by atoms with E-state index in [-0.39, 0.29) is 11.8 Å². The molecule has 2 N–H and O–H groups in total. The smallest absolute Gasteiger partial charge is 0.307 e. The van der Waals surface area contributed by atoms with Crippen LogP contribution < -0.4 is 5.32 Å². The monoisotopic (exact) mass is 368 g/mol. The van der Waals surface area contributed by atoms with Crippen molar-refractivity contribution in [3.63, 3.8) is 0 Å². The Labute approximate surface area is 138 Å². The lowest BCUT2D eigenvalue weighted by molar-refractivity contribution is -0.144. The molecule has 0 aliphatic carbocycles. The Kier molecular flexibility index (Phi) is 5.97. The summed E-state index contributed by atoms with van der Waals surface area (Å²) in [7, 11) is 0. The van der Waals surface area contributed by atoms with Crippen molar-refractivity contribution in [1.29, 1.82) is 0 Å². The van der Waals surface area contributed by atoms with E-state index >= 15 is 0 Å². The number of nitrogens with one attached hydrogen (secondary N) is 1. The third-order valence-corrected chi connectivity index (χ3v) is 4.34. The number of carbonyl (C=O) groups is 2. The third kappa shape index (κ3) is 5.10. The predicted molar refractivity (Wildman–Crippen MR) is 88.7 cm³/mol. The summed E-state index contributed by atoms with van der Waals surface area (Å²) in [5, 5.41) is 12.0. The zero-order valence-corrected chi connectivity index (χ0v) is 14.2. The first kappa shape index (κ1) is 17.0. The highest BCUT2D eigenvalue weighted by Crippen LogP contribution is 2.22. The van der Waals surface area contributed by atoms with E-state index in [1.807, 2.05) is 24.3 Å². The molecule has 0 spiro atoms. The van der Waals surface area contributed by atoms with E-state index in [4.69, 9.17) is 5.11 Å². The van der Waals surface area contributed by atoms with Crippen LogP contribution >= 0.6 is 15.9 Å². The maximum Gasteiger partial charge on any atom is 0.307 e. The molecule has 0 radical (unpaired) electrons. The third-order valence-electron chi connectivity index (χ3n) is 3.85. The van der Waals surface area contributed by atoms with Gasteiger partial charge in [-0.25, -0.2) is 0 Å². The Bertz CT molecular complexity index is 550. The lowest BCUT2D eigenvalue weighted by Gasteiger charge is -2.34. The van der Waals surface area contributed by atoms with Gasteiger partial charge in [0.1, 0.15) is 0 Å². The summed E-state index contributed by atoms with van der Waals surface area (Å²) in [6, 6.07) is 7.45. The molecule has 1 saturated heterocycles. The molecule has 1 aliphatic heterocycles. The number of rotatable bonds is 5. The topological polar surface area (TPSA) is 69.6 Å². The van der Waals surface area contributed by atoms with Crippen LogP contribution in [0.25, 0.3) is 0 Å². The van der Waals surface area contributed by atoms with Crippen LogP contribution in [0.3, 0.4) is 0 Å². The van der Waals surface area contributed by atoms with Gasteiger partial charge in [0, 0.05) is 36.2 Å². The second-order valence-corrected chi connectivity index (χ2v) is 6.86. The van der Waals surface area contributed by atoms with E-state index in [1.165, 1.54) is 0 Å². The summed E-state index contributed by atoms with van der Waals surface area (Å²) in [6.45, 7) is 4.04. The van der Waals surface area contributed by atoms with Gasteiger partial charge in [-0.3, -0.25) is 9.59 Å². The van der Waals surface area contributed by atoms with Gasteiger partial charge in [0.25, 0.3) is 0 Å². The number of hydrogen-bond acceptors (Lipinski definition) is 3. The average molecular weight is 369 g/mol. The molecule has 6 heteroatoms. The fourth-order valence-electron chi connectivity index (χ4n) is 2.87. The van der Waals surface area contributed by atoms with Crippen molar-refractivity contribution in [2.75, 3.05) is 25.0 Å². The Morgan fingerprint density at radius 1 is 1.41 bits per heavy atom. The SMILES string of the molecule is CC1CC(C(=O)O)CN(CCC(=O)Nc2cccc(Br)c2)C1. The number of carboxylic acid groups (broad SMARTS) is 1. The molecular weight excluding hydrogens is 348 g/mol. The molecule has 2 unspecified atom stereocenters. The number of anilines is 1. The summed E-state index contributed by atoms with van der Waals surface area (Å²) in [4.78, 5) is 25.2. The van der Waals surface area contributed by atoms with Gasteiger partial charge < -0.3 is 15.3 Å². The summed E-state index contributed by atoms with van der Waals surface area (Å²) in [5.41, 5.74) is 0.759. The van der Waals surface area contributed by atoms with E-state index in [9.17, 15) is 9.59 Å². The molecule has 1 fully saturated rings. The number of hydrogen-bond donors (Lipinski definition) is 2. The van der Waals surface area contributed by atoms with E-state index in [1.54, 1.807) is 0 Å². The molecule has 5 nitrogen and oxygen atoms in total. The fraction of sp³-hybridized carbons (Fsp3) is 0.500. The zero-order chi connectivity index (χ0) is 16.1. The number of amides is 1. The molecule has 1 aromatic rings. The largest absolute Gasteiger partial charge is 0.481 e. The highest BCUT2D eigenvalue weighted by atomic mass is 79.9. The molecule has 1 aromatic carbocycles. The van der Waals surface area contributed by atoms with Crippen molar-refractivity contribution in [1.82, 2.24) is 4.90 Å². The average Bonchev–Trinajstić information content (AvgIpc) is 2.44. The minimum Gasteiger partial charge on any atom is -0.481 e. The summed E-state index contributed by atoms with van der Waals surface area (Å²) in [6.07, 6.45) is 1.08. The molecule has 0 bridgehead atoms. The van der Waals surface area contributed by atoms with E-state index < -0.39 is 5.97 Å². The van der Waals surface area contributed by atoms with Crippen molar-refractivity contribution < 1.29 is 14.7 Å². The number of aliphatic carboxylic acids is 1. The first-order chi connectivity index (χ1) is 10.4. The van der Waals surface area contributed by atoms with Gasteiger partial charge in [-0.2, -0.15) is 0 Å². The van der Waals surface area contributed by atoms with Crippen molar-refractivity contribution >= 4 is 33.5 Å². The normalized spacial score (nSPS) is 22.3. The number of likely N-dealkylation sites (tertiary alicyclic amines) is 1. The molecule has 1 aliphatic rings. The van der Waals surface area contributed by atoms with E-state index in [2.05, 4.69) is 33.1 Å². The van der Waals surface area contributed by atoms with Gasteiger partial charge in [-0.15, -0.1) is 0 Å². The van der Waals surface area contributed by atoms with Gasteiger partial charge in [0.05, 0.1) is 5.92 Å². The molecule has 22 heavy (non-hydrogen) atoms. The van der Waals surface area contributed by atoms with Crippen molar-refractivity contribution in [2.45, 2.75) is 19.8 Å². The number of benzene rings is 1. The second kappa shape index (κ2) is 7.74. The number of carbonyl (C=O) groups excluding carboxylic acids is 1. The van der Waals surface area contributed by atoms with Crippen LogP contribution in [0, 0.1) is 11.8 Å². The first-order valence-corrected chi connectivity index (χ1v) is 8.24. The van der Waals surface area contributed by atoms with Crippen LogP contribution in [-0.4, -0.2) is 41.5 Å². The number of carboxylic acids is 1. The van der Waals surface area contributed by atoms with Crippen LogP contribution in [0.1, 0.15) is 19.8 Å². The maximum absolute atomic E-state index is 12.0.